The molecule has 1 amide bonds. The van der Waals surface area contributed by atoms with Crippen LogP contribution in [0, 0.1) is 5.92 Å². The maximum Gasteiger partial charge on any atom is 0.253 e. The quantitative estimate of drug-likeness (QED) is 0.925. The predicted molar refractivity (Wildman–Crippen MR) is 82.8 cm³/mol. The normalized spacial score (nSPS) is 28.0. The summed E-state index contributed by atoms with van der Waals surface area (Å²) in [6.07, 6.45) is 6.05. The summed E-state index contributed by atoms with van der Waals surface area (Å²) in [7, 11) is 0. The number of hydrogen-bond donors (Lipinski definition) is 1. The van der Waals surface area contributed by atoms with E-state index >= 15 is 0 Å². The van der Waals surface area contributed by atoms with Gasteiger partial charge in [-0.15, -0.1) is 0 Å². The first-order valence-electron chi connectivity index (χ1n) is 7.48. The lowest BCUT2D eigenvalue weighted by Gasteiger charge is -2.30. The molecule has 5 heteroatoms. The molecule has 0 radical (unpaired) electrons. The average molecular weight is 304 g/mol. The standard InChI is InChI=1S/C16H18ClN3O/c17-13-6-15-2-1-12(8-20(15)9-13)16(21)18-14-5-11-3-4-19(7-11)10-14/h1-2,6,8-9,11,14H,3-5,7,10H2,(H,18,21)/t11-,14+/m0/s1. The van der Waals surface area contributed by atoms with Crippen LogP contribution in [0.3, 0.4) is 0 Å². The molecule has 0 aromatic carbocycles. The molecule has 110 valence electrons. The summed E-state index contributed by atoms with van der Waals surface area (Å²) in [6.45, 7) is 3.38. The third-order valence-corrected chi connectivity index (χ3v) is 4.83. The van der Waals surface area contributed by atoms with Crippen molar-refractivity contribution in [3.8, 4) is 0 Å². The number of carbonyl (C=O) groups is 1. The van der Waals surface area contributed by atoms with Gasteiger partial charge in [0, 0.05) is 37.0 Å². The summed E-state index contributed by atoms with van der Waals surface area (Å²) in [4.78, 5) is 14.9. The van der Waals surface area contributed by atoms with Crippen molar-refractivity contribution in [1.29, 1.82) is 0 Å². The lowest BCUT2D eigenvalue weighted by molar-refractivity contribution is 0.0909. The van der Waals surface area contributed by atoms with E-state index in [2.05, 4.69) is 10.2 Å². The van der Waals surface area contributed by atoms with Crippen LogP contribution in [0.1, 0.15) is 23.2 Å². The number of nitrogens with one attached hydrogen (secondary N) is 1. The van der Waals surface area contributed by atoms with E-state index in [4.69, 9.17) is 11.6 Å². The fourth-order valence-electron chi connectivity index (χ4n) is 3.64. The van der Waals surface area contributed by atoms with Gasteiger partial charge in [-0.05, 0) is 43.5 Å². The molecule has 4 rings (SSSR count). The highest BCUT2D eigenvalue weighted by molar-refractivity contribution is 6.31. The maximum absolute atomic E-state index is 12.4. The van der Waals surface area contributed by atoms with Crippen molar-refractivity contribution in [2.45, 2.75) is 18.9 Å². The van der Waals surface area contributed by atoms with Gasteiger partial charge < -0.3 is 14.6 Å². The van der Waals surface area contributed by atoms with E-state index < -0.39 is 0 Å². The van der Waals surface area contributed by atoms with Crippen molar-refractivity contribution in [2.24, 2.45) is 5.92 Å². The second-order valence-electron chi connectivity index (χ2n) is 6.23. The summed E-state index contributed by atoms with van der Waals surface area (Å²) < 4.78 is 1.89. The van der Waals surface area contributed by atoms with E-state index in [-0.39, 0.29) is 11.9 Å². The van der Waals surface area contributed by atoms with Crippen LogP contribution in [-0.4, -0.2) is 40.9 Å². The molecule has 0 aliphatic carbocycles. The molecule has 0 saturated carbocycles. The fourth-order valence-corrected chi connectivity index (χ4v) is 3.86. The highest BCUT2D eigenvalue weighted by Gasteiger charge is 2.32. The monoisotopic (exact) mass is 303 g/mol. The highest BCUT2D eigenvalue weighted by atomic mass is 35.5. The molecule has 3 atom stereocenters. The summed E-state index contributed by atoms with van der Waals surface area (Å²) in [6, 6.07) is 5.95. The van der Waals surface area contributed by atoms with Crippen molar-refractivity contribution in [3.05, 3.63) is 41.2 Å². The summed E-state index contributed by atoms with van der Waals surface area (Å²) in [5, 5.41) is 3.87. The number of rotatable bonds is 2. The van der Waals surface area contributed by atoms with Gasteiger partial charge in [0.25, 0.3) is 5.91 Å². The Labute approximate surface area is 128 Å². The number of pyridine rings is 1. The van der Waals surface area contributed by atoms with Crippen LogP contribution in [0.15, 0.2) is 30.6 Å². The summed E-state index contributed by atoms with van der Waals surface area (Å²) >= 11 is 5.98. The first kappa shape index (κ1) is 13.2. The topological polar surface area (TPSA) is 36.8 Å². The number of nitrogens with zero attached hydrogens (tertiary/aromatic N) is 2. The largest absolute Gasteiger partial charge is 0.348 e. The van der Waals surface area contributed by atoms with Crippen LogP contribution in [-0.2, 0) is 0 Å². The molecule has 2 bridgehead atoms. The van der Waals surface area contributed by atoms with Gasteiger partial charge in [0.2, 0.25) is 0 Å². The average Bonchev–Trinajstić information content (AvgIpc) is 2.99. The van der Waals surface area contributed by atoms with Crippen molar-refractivity contribution in [1.82, 2.24) is 14.6 Å². The van der Waals surface area contributed by atoms with Gasteiger partial charge in [-0.3, -0.25) is 4.79 Å². The van der Waals surface area contributed by atoms with Crippen molar-refractivity contribution < 1.29 is 4.79 Å². The van der Waals surface area contributed by atoms with Crippen molar-refractivity contribution in [3.63, 3.8) is 0 Å². The van der Waals surface area contributed by atoms with E-state index in [1.807, 2.05) is 35.0 Å². The molecule has 4 nitrogen and oxygen atoms in total. The Bertz CT molecular complexity index is 684. The Morgan fingerprint density at radius 2 is 2.19 bits per heavy atom. The van der Waals surface area contributed by atoms with Crippen LogP contribution < -0.4 is 5.32 Å². The molecule has 2 aliphatic heterocycles. The molecule has 4 heterocycles. The third kappa shape index (κ3) is 2.54. The van der Waals surface area contributed by atoms with Crippen LogP contribution in [0.2, 0.25) is 5.02 Å². The second kappa shape index (κ2) is 5.04. The van der Waals surface area contributed by atoms with Crippen LogP contribution in [0.4, 0.5) is 0 Å². The number of halogens is 1. The molecule has 0 spiro atoms. The molecule has 2 aromatic rings. The minimum atomic E-state index is 0.00854. The number of amides is 1. The smallest absolute Gasteiger partial charge is 0.253 e. The number of aromatic nitrogens is 1. The lowest BCUT2D eigenvalue weighted by atomic mass is 9.96. The first-order valence-corrected chi connectivity index (χ1v) is 7.86. The summed E-state index contributed by atoms with van der Waals surface area (Å²) in [5.74, 6) is 0.768. The van der Waals surface area contributed by atoms with E-state index in [0.29, 0.717) is 10.6 Å². The molecule has 1 unspecified atom stereocenters. The van der Waals surface area contributed by atoms with Gasteiger partial charge >= 0.3 is 0 Å². The number of fused-ring (bicyclic) bond motifs is 3. The van der Waals surface area contributed by atoms with Gasteiger partial charge in [0.1, 0.15) is 0 Å². The Balaban J connectivity index is 1.50. The van der Waals surface area contributed by atoms with Gasteiger partial charge in [-0.2, -0.15) is 0 Å². The Hall–Kier alpha value is -1.52. The maximum atomic E-state index is 12.4. The van der Waals surface area contributed by atoms with Crippen LogP contribution >= 0.6 is 11.6 Å². The highest BCUT2D eigenvalue weighted by Crippen LogP contribution is 2.26. The Morgan fingerprint density at radius 3 is 3.05 bits per heavy atom. The van der Waals surface area contributed by atoms with Crippen LogP contribution in [0.25, 0.3) is 5.52 Å². The molecular weight excluding hydrogens is 286 g/mol. The van der Waals surface area contributed by atoms with Gasteiger partial charge in [0.05, 0.1) is 10.6 Å². The zero-order valence-electron chi connectivity index (χ0n) is 11.8. The summed E-state index contributed by atoms with van der Waals surface area (Å²) in [5.41, 5.74) is 1.68. The number of piperidine rings is 1. The number of hydrogen-bond acceptors (Lipinski definition) is 2. The molecular formula is C16H18ClN3O. The van der Waals surface area contributed by atoms with Crippen molar-refractivity contribution >= 4 is 23.0 Å². The molecule has 2 aliphatic rings. The molecule has 2 saturated heterocycles. The SMILES string of the molecule is O=C(N[C@@H]1C[C@@H]2CCN(C2)C1)c1ccc2cc(Cl)cn2c1. The van der Waals surface area contributed by atoms with Crippen molar-refractivity contribution in [2.75, 3.05) is 19.6 Å². The fraction of sp³-hybridized carbons (Fsp3) is 0.438. The minimum Gasteiger partial charge on any atom is -0.348 e. The zero-order valence-corrected chi connectivity index (χ0v) is 12.5. The van der Waals surface area contributed by atoms with Gasteiger partial charge in [0.15, 0.2) is 0 Å². The molecule has 21 heavy (non-hydrogen) atoms. The third-order valence-electron chi connectivity index (χ3n) is 4.62. The van der Waals surface area contributed by atoms with E-state index in [1.165, 1.54) is 19.5 Å². The minimum absolute atomic E-state index is 0.00854. The van der Waals surface area contributed by atoms with E-state index in [9.17, 15) is 4.79 Å². The van der Waals surface area contributed by atoms with Crippen LogP contribution in [0.5, 0.6) is 0 Å². The van der Waals surface area contributed by atoms with E-state index in [1.54, 1.807) is 0 Å². The predicted octanol–water partition coefficient (Wildman–Crippen LogP) is 2.42. The van der Waals surface area contributed by atoms with Gasteiger partial charge in [-0.25, -0.2) is 0 Å². The molecule has 2 fully saturated rings. The number of carbonyl (C=O) groups excluding carboxylic acids is 1. The molecule has 2 aromatic heterocycles. The van der Waals surface area contributed by atoms with E-state index in [0.717, 1.165) is 24.4 Å². The zero-order chi connectivity index (χ0) is 14.4. The second-order valence-corrected chi connectivity index (χ2v) is 6.67. The lowest BCUT2D eigenvalue weighted by Crippen LogP contribution is -2.47. The first-order chi connectivity index (χ1) is 10.2. The molecule has 1 N–H and O–H groups in total. The Kier molecular flexibility index (Phi) is 3.16. The van der Waals surface area contributed by atoms with Gasteiger partial charge in [-0.1, -0.05) is 11.6 Å². The Morgan fingerprint density at radius 1 is 1.29 bits per heavy atom.